The van der Waals surface area contributed by atoms with Crippen molar-refractivity contribution in [3.8, 4) is 0 Å². The van der Waals surface area contributed by atoms with Gasteiger partial charge in [-0.05, 0) is 32.5 Å². The van der Waals surface area contributed by atoms with Crippen molar-refractivity contribution in [1.29, 1.82) is 0 Å². The Hall–Kier alpha value is -0.430. The van der Waals surface area contributed by atoms with Crippen LogP contribution >= 0.6 is 11.3 Å². The van der Waals surface area contributed by atoms with Gasteiger partial charge in [0, 0.05) is 17.5 Å². The molecule has 1 atom stereocenters. The van der Waals surface area contributed by atoms with E-state index in [-0.39, 0.29) is 6.04 Å². The van der Waals surface area contributed by atoms with E-state index < -0.39 is 10.0 Å². The first kappa shape index (κ1) is 13.6. The molecule has 16 heavy (non-hydrogen) atoms. The van der Waals surface area contributed by atoms with Gasteiger partial charge >= 0.3 is 0 Å². The molecule has 0 fully saturated rings. The van der Waals surface area contributed by atoms with Crippen LogP contribution in [0.3, 0.4) is 0 Å². The lowest BCUT2D eigenvalue weighted by atomic mass is 10.3. The van der Waals surface area contributed by atoms with Crippen LogP contribution in [-0.4, -0.2) is 21.5 Å². The van der Waals surface area contributed by atoms with Crippen molar-refractivity contribution in [2.24, 2.45) is 0 Å². The van der Waals surface area contributed by atoms with E-state index in [0.29, 0.717) is 10.8 Å². The highest BCUT2D eigenvalue weighted by Crippen LogP contribution is 2.21. The van der Waals surface area contributed by atoms with Crippen LogP contribution in [0.5, 0.6) is 0 Å². The Balaban J connectivity index is 2.81. The number of hydrogen-bond donors (Lipinski definition) is 2. The average molecular weight is 262 g/mol. The summed E-state index contributed by atoms with van der Waals surface area (Å²) in [5, 5.41) is 3.00. The molecule has 0 aliphatic rings. The van der Waals surface area contributed by atoms with Gasteiger partial charge in [-0.1, -0.05) is 6.92 Å². The molecule has 2 N–H and O–H groups in total. The van der Waals surface area contributed by atoms with E-state index in [9.17, 15) is 8.42 Å². The first-order valence-electron chi connectivity index (χ1n) is 5.25. The Labute approximate surface area is 101 Å². The molecule has 0 aliphatic carbocycles. The average Bonchev–Trinajstić information content (AvgIpc) is 2.67. The smallest absolute Gasteiger partial charge is 0.250 e. The van der Waals surface area contributed by atoms with E-state index in [1.165, 1.54) is 11.3 Å². The number of sulfonamides is 1. The summed E-state index contributed by atoms with van der Waals surface area (Å²) in [6.45, 7) is 4.51. The van der Waals surface area contributed by atoms with Gasteiger partial charge in [0.1, 0.15) is 4.21 Å². The minimum Gasteiger partial charge on any atom is -0.315 e. The van der Waals surface area contributed by atoms with Crippen molar-refractivity contribution < 1.29 is 8.42 Å². The minimum atomic E-state index is -3.33. The van der Waals surface area contributed by atoms with Crippen LogP contribution in [0.4, 0.5) is 0 Å². The summed E-state index contributed by atoms with van der Waals surface area (Å²) in [6, 6.07) is 3.47. The fourth-order valence-corrected chi connectivity index (χ4v) is 3.89. The summed E-state index contributed by atoms with van der Waals surface area (Å²) in [6.07, 6.45) is 0.786. The molecule has 4 nitrogen and oxygen atoms in total. The van der Waals surface area contributed by atoms with Crippen molar-refractivity contribution >= 4 is 21.4 Å². The topological polar surface area (TPSA) is 58.2 Å². The summed E-state index contributed by atoms with van der Waals surface area (Å²) in [5.74, 6) is 0. The maximum atomic E-state index is 11.9. The quantitative estimate of drug-likeness (QED) is 0.817. The molecule has 0 saturated carbocycles. The number of thiophene rings is 1. The van der Waals surface area contributed by atoms with Gasteiger partial charge in [0.05, 0.1) is 0 Å². The Kier molecular flexibility index (Phi) is 4.91. The van der Waals surface area contributed by atoms with Crippen molar-refractivity contribution in [3.05, 3.63) is 17.0 Å². The normalized spacial score (nSPS) is 13.9. The van der Waals surface area contributed by atoms with Crippen molar-refractivity contribution in [1.82, 2.24) is 10.0 Å². The SMILES string of the molecule is CCC(C)NS(=O)(=O)c1ccc(CNC)s1. The molecule has 0 bridgehead atoms. The van der Waals surface area contributed by atoms with E-state index in [1.54, 1.807) is 6.07 Å². The Morgan fingerprint density at radius 3 is 2.69 bits per heavy atom. The van der Waals surface area contributed by atoms with E-state index in [0.717, 1.165) is 11.3 Å². The minimum absolute atomic E-state index is 0.0279. The molecule has 0 spiro atoms. The van der Waals surface area contributed by atoms with Gasteiger partial charge in [0.25, 0.3) is 0 Å². The van der Waals surface area contributed by atoms with Crippen molar-refractivity contribution in [3.63, 3.8) is 0 Å². The zero-order chi connectivity index (χ0) is 12.2. The number of nitrogens with one attached hydrogen (secondary N) is 2. The first-order valence-corrected chi connectivity index (χ1v) is 7.55. The van der Waals surface area contributed by atoms with E-state index in [4.69, 9.17) is 0 Å². The van der Waals surface area contributed by atoms with Crippen LogP contribution in [0.15, 0.2) is 16.3 Å². The van der Waals surface area contributed by atoms with Gasteiger partial charge < -0.3 is 5.32 Å². The summed E-state index contributed by atoms with van der Waals surface area (Å²) < 4.78 is 26.8. The standard InChI is InChI=1S/C10H18N2O2S2/c1-4-8(2)12-16(13,14)10-6-5-9(15-10)7-11-3/h5-6,8,11-12H,4,7H2,1-3H3. The third-order valence-corrected chi connectivity index (χ3v) is 5.39. The molecular weight excluding hydrogens is 244 g/mol. The van der Waals surface area contributed by atoms with Crippen LogP contribution < -0.4 is 10.0 Å². The van der Waals surface area contributed by atoms with E-state index in [2.05, 4.69) is 10.0 Å². The summed E-state index contributed by atoms with van der Waals surface area (Å²) in [7, 11) is -1.49. The lowest BCUT2D eigenvalue weighted by molar-refractivity contribution is 0.558. The second kappa shape index (κ2) is 5.77. The van der Waals surface area contributed by atoms with Crippen LogP contribution in [-0.2, 0) is 16.6 Å². The molecule has 0 amide bonds. The molecule has 1 unspecified atom stereocenters. The molecule has 0 saturated heterocycles. The van der Waals surface area contributed by atoms with Gasteiger partial charge in [-0.25, -0.2) is 13.1 Å². The largest absolute Gasteiger partial charge is 0.315 e. The van der Waals surface area contributed by atoms with Crippen LogP contribution in [0.1, 0.15) is 25.1 Å². The molecular formula is C10H18N2O2S2. The molecule has 0 aromatic carbocycles. The number of rotatable bonds is 6. The van der Waals surface area contributed by atoms with Crippen LogP contribution in [0.25, 0.3) is 0 Å². The van der Waals surface area contributed by atoms with Crippen LogP contribution in [0.2, 0.25) is 0 Å². The first-order chi connectivity index (χ1) is 7.49. The van der Waals surface area contributed by atoms with Gasteiger partial charge in [0.15, 0.2) is 0 Å². The molecule has 0 aliphatic heterocycles. The van der Waals surface area contributed by atoms with Crippen LogP contribution in [0, 0.1) is 0 Å². The highest BCUT2D eigenvalue weighted by molar-refractivity contribution is 7.91. The molecule has 6 heteroatoms. The summed E-state index contributed by atoms with van der Waals surface area (Å²) >= 11 is 1.30. The predicted octanol–water partition coefficient (Wildman–Crippen LogP) is 1.54. The van der Waals surface area contributed by atoms with Gasteiger partial charge in [0.2, 0.25) is 10.0 Å². The Bertz CT molecular complexity index is 426. The highest BCUT2D eigenvalue weighted by Gasteiger charge is 2.18. The fraction of sp³-hybridized carbons (Fsp3) is 0.600. The van der Waals surface area contributed by atoms with Gasteiger partial charge in [-0.2, -0.15) is 0 Å². The summed E-state index contributed by atoms with van der Waals surface area (Å²) in [5.41, 5.74) is 0. The molecule has 1 heterocycles. The lowest BCUT2D eigenvalue weighted by Crippen LogP contribution is -2.31. The zero-order valence-corrected chi connectivity index (χ0v) is 11.4. The fourth-order valence-electron chi connectivity index (χ4n) is 1.18. The second-order valence-corrected chi connectivity index (χ2v) is 6.79. The van der Waals surface area contributed by atoms with Gasteiger partial charge in [-0.15, -0.1) is 11.3 Å². The monoisotopic (exact) mass is 262 g/mol. The third-order valence-electron chi connectivity index (χ3n) is 2.22. The Morgan fingerprint density at radius 1 is 1.44 bits per heavy atom. The maximum absolute atomic E-state index is 11.9. The predicted molar refractivity (Wildman–Crippen MR) is 67.2 cm³/mol. The Morgan fingerprint density at radius 2 is 2.12 bits per heavy atom. The van der Waals surface area contributed by atoms with Crippen molar-refractivity contribution in [2.75, 3.05) is 7.05 Å². The second-order valence-electron chi connectivity index (χ2n) is 3.68. The third kappa shape index (κ3) is 3.55. The maximum Gasteiger partial charge on any atom is 0.250 e. The lowest BCUT2D eigenvalue weighted by Gasteiger charge is -2.10. The molecule has 1 rings (SSSR count). The molecule has 1 aromatic rings. The van der Waals surface area contributed by atoms with E-state index >= 15 is 0 Å². The zero-order valence-electron chi connectivity index (χ0n) is 9.78. The van der Waals surface area contributed by atoms with Gasteiger partial charge in [-0.3, -0.25) is 0 Å². The molecule has 1 aromatic heterocycles. The molecule has 0 radical (unpaired) electrons. The van der Waals surface area contributed by atoms with Crippen molar-refractivity contribution in [2.45, 2.75) is 37.1 Å². The highest BCUT2D eigenvalue weighted by atomic mass is 32.2. The van der Waals surface area contributed by atoms with E-state index in [1.807, 2.05) is 27.0 Å². The summed E-state index contributed by atoms with van der Waals surface area (Å²) in [4.78, 5) is 1.02. The molecule has 92 valence electrons. The number of hydrogen-bond acceptors (Lipinski definition) is 4.